The quantitative estimate of drug-likeness (QED) is 0.411. The molecular formula is C20H13NO2S. The molecule has 3 nitrogen and oxygen atoms in total. The molecular weight excluding hydrogens is 318 g/mol. The Labute approximate surface area is 139 Å². The highest BCUT2D eigenvalue weighted by molar-refractivity contribution is 7.92. The van der Waals surface area contributed by atoms with Gasteiger partial charge in [-0.05, 0) is 22.9 Å². The number of hydrogen-bond acceptors (Lipinski definition) is 3. The maximum atomic E-state index is 13.3. The molecule has 0 unspecified atom stereocenters. The van der Waals surface area contributed by atoms with Crippen molar-refractivity contribution < 1.29 is 8.42 Å². The third kappa shape index (κ3) is 1.63. The standard InChI is InChI=1S/C20H13NO2S/c22-24(23)18-12-6-5-11-17(18)21-19-15-9-3-1-7-13(15)14-8-2-4-10-16(14)20(19)24/h1-12,21H. The lowest BCUT2D eigenvalue weighted by atomic mass is 10.00. The van der Waals surface area contributed by atoms with Crippen molar-refractivity contribution in [3.05, 3.63) is 72.8 Å². The highest BCUT2D eigenvalue weighted by Crippen LogP contribution is 2.47. The van der Waals surface area contributed by atoms with E-state index >= 15 is 0 Å². The number of anilines is 2. The number of para-hydroxylation sites is 1. The van der Waals surface area contributed by atoms with Crippen LogP contribution in [0.4, 0.5) is 11.4 Å². The fraction of sp³-hybridized carbons (Fsp3) is 0. The molecule has 4 aromatic carbocycles. The molecule has 0 bridgehead atoms. The van der Waals surface area contributed by atoms with Crippen LogP contribution in [-0.2, 0) is 9.84 Å². The van der Waals surface area contributed by atoms with Crippen molar-refractivity contribution in [2.75, 3.05) is 5.32 Å². The Morgan fingerprint density at radius 3 is 1.92 bits per heavy atom. The van der Waals surface area contributed by atoms with Gasteiger partial charge in [0.05, 0.1) is 16.3 Å². The molecule has 0 saturated heterocycles. The SMILES string of the molecule is O=S1(=O)c2ccccc2Nc2c1c1ccccc1c1ccccc21. The highest BCUT2D eigenvalue weighted by Gasteiger charge is 2.32. The molecule has 0 radical (unpaired) electrons. The van der Waals surface area contributed by atoms with Crippen molar-refractivity contribution in [3.63, 3.8) is 0 Å². The summed E-state index contributed by atoms with van der Waals surface area (Å²) in [7, 11) is -3.58. The lowest BCUT2D eigenvalue weighted by Gasteiger charge is -2.25. The van der Waals surface area contributed by atoms with Gasteiger partial charge in [0.1, 0.15) is 4.90 Å². The average molecular weight is 331 g/mol. The minimum absolute atomic E-state index is 0.331. The van der Waals surface area contributed by atoms with Crippen LogP contribution in [-0.4, -0.2) is 8.42 Å². The molecule has 0 amide bonds. The van der Waals surface area contributed by atoms with Crippen LogP contribution in [0.15, 0.2) is 82.6 Å². The Morgan fingerprint density at radius 1 is 0.625 bits per heavy atom. The molecule has 0 aliphatic carbocycles. The first-order chi connectivity index (χ1) is 11.7. The third-order valence-corrected chi connectivity index (χ3v) is 6.49. The Hall–Kier alpha value is -2.85. The summed E-state index contributed by atoms with van der Waals surface area (Å²) < 4.78 is 26.6. The van der Waals surface area contributed by atoms with Gasteiger partial charge in [-0.25, -0.2) is 8.42 Å². The van der Waals surface area contributed by atoms with Gasteiger partial charge in [0, 0.05) is 10.8 Å². The predicted molar refractivity (Wildman–Crippen MR) is 96.6 cm³/mol. The molecule has 0 spiro atoms. The molecule has 1 heterocycles. The zero-order valence-corrected chi connectivity index (χ0v) is 13.5. The second-order valence-electron chi connectivity index (χ2n) is 5.92. The van der Waals surface area contributed by atoms with Crippen LogP contribution in [0.5, 0.6) is 0 Å². The summed E-state index contributed by atoms with van der Waals surface area (Å²) in [5, 5.41) is 7.04. The number of fused-ring (bicyclic) bond motifs is 7. The molecule has 24 heavy (non-hydrogen) atoms. The summed E-state index contributed by atoms with van der Waals surface area (Å²) in [5.74, 6) is 0. The third-order valence-electron chi connectivity index (χ3n) is 4.59. The highest BCUT2D eigenvalue weighted by atomic mass is 32.2. The van der Waals surface area contributed by atoms with Gasteiger partial charge in [-0.1, -0.05) is 60.7 Å². The van der Waals surface area contributed by atoms with Crippen molar-refractivity contribution in [1.82, 2.24) is 0 Å². The molecule has 4 heteroatoms. The van der Waals surface area contributed by atoms with Gasteiger partial charge in [-0.3, -0.25) is 0 Å². The number of benzene rings is 4. The van der Waals surface area contributed by atoms with Crippen LogP contribution in [0.3, 0.4) is 0 Å². The smallest absolute Gasteiger partial charge is 0.211 e. The zero-order chi connectivity index (χ0) is 16.3. The molecule has 1 aliphatic heterocycles. The van der Waals surface area contributed by atoms with Crippen molar-refractivity contribution in [2.24, 2.45) is 0 Å². The number of sulfone groups is 1. The Bertz CT molecular complexity index is 1240. The summed E-state index contributed by atoms with van der Waals surface area (Å²) in [6.45, 7) is 0. The summed E-state index contributed by atoms with van der Waals surface area (Å²) in [4.78, 5) is 0.702. The number of nitrogens with one attached hydrogen (secondary N) is 1. The van der Waals surface area contributed by atoms with E-state index < -0.39 is 9.84 Å². The maximum absolute atomic E-state index is 13.3. The first-order valence-corrected chi connectivity index (χ1v) is 9.21. The molecule has 5 rings (SSSR count). The molecule has 0 fully saturated rings. The number of rotatable bonds is 0. The summed E-state index contributed by atoms with van der Waals surface area (Å²) >= 11 is 0. The second kappa shape index (κ2) is 4.58. The molecule has 4 aromatic rings. The van der Waals surface area contributed by atoms with E-state index in [4.69, 9.17) is 0 Å². The van der Waals surface area contributed by atoms with Crippen molar-refractivity contribution in [2.45, 2.75) is 9.79 Å². The monoisotopic (exact) mass is 331 g/mol. The van der Waals surface area contributed by atoms with Crippen LogP contribution in [0.2, 0.25) is 0 Å². The summed E-state index contributed by atoms with van der Waals surface area (Å²) in [6, 6.07) is 22.7. The Morgan fingerprint density at radius 2 is 1.17 bits per heavy atom. The van der Waals surface area contributed by atoms with E-state index in [1.165, 1.54) is 0 Å². The van der Waals surface area contributed by atoms with Gasteiger partial charge in [0.15, 0.2) is 0 Å². The second-order valence-corrected chi connectivity index (χ2v) is 7.77. The van der Waals surface area contributed by atoms with E-state index in [2.05, 4.69) is 5.32 Å². The largest absolute Gasteiger partial charge is 0.353 e. The van der Waals surface area contributed by atoms with E-state index in [1.807, 2.05) is 54.6 Å². The first kappa shape index (κ1) is 13.6. The van der Waals surface area contributed by atoms with Crippen molar-refractivity contribution in [1.29, 1.82) is 0 Å². The van der Waals surface area contributed by atoms with Gasteiger partial charge in [-0.2, -0.15) is 0 Å². The minimum Gasteiger partial charge on any atom is -0.353 e. The van der Waals surface area contributed by atoms with Gasteiger partial charge >= 0.3 is 0 Å². The minimum atomic E-state index is -3.58. The zero-order valence-electron chi connectivity index (χ0n) is 12.7. The van der Waals surface area contributed by atoms with Gasteiger partial charge in [0.2, 0.25) is 9.84 Å². The topological polar surface area (TPSA) is 46.2 Å². The lowest BCUT2D eigenvalue weighted by Crippen LogP contribution is -2.14. The first-order valence-electron chi connectivity index (χ1n) is 7.72. The van der Waals surface area contributed by atoms with Gasteiger partial charge in [0.25, 0.3) is 0 Å². The van der Waals surface area contributed by atoms with E-state index in [0.29, 0.717) is 21.2 Å². The van der Waals surface area contributed by atoms with Crippen LogP contribution >= 0.6 is 0 Å². The molecule has 116 valence electrons. The van der Waals surface area contributed by atoms with Crippen molar-refractivity contribution in [3.8, 4) is 0 Å². The van der Waals surface area contributed by atoms with Gasteiger partial charge < -0.3 is 5.32 Å². The molecule has 1 N–H and O–H groups in total. The summed E-state index contributed by atoms with van der Waals surface area (Å²) in [5.41, 5.74) is 1.30. The molecule has 0 saturated carbocycles. The van der Waals surface area contributed by atoms with E-state index in [-0.39, 0.29) is 0 Å². The normalized spacial score (nSPS) is 14.8. The van der Waals surface area contributed by atoms with Crippen LogP contribution in [0.1, 0.15) is 0 Å². The molecule has 0 atom stereocenters. The Kier molecular flexibility index (Phi) is 2.59. The predicted octanol–water partition coefficient (Wildman–Crippen LogP) is 4.88. The van der Waals surface area contributed by atoms with Crippen molar-refractivity contribution >= 4 is 42.8 Å². The fourth-order valence-electron chi connectivity index (χ4n) is 3.56. The fourth-order valence-corrected chi connectivity index (χ4v) is 5.34. The maximum Gasteiger partial charge on any atom is 0.211 e. The van der Waals surface area contributed by atoms with E-state index in [0.717, 1.165) is 21.5 Å². The average Bonchev–Trinajstić information content (AvgIpc) is 2.62. The van der Waals surface area contributed by atoms with E-state index in [9.17, 15) is 8.42 Å². The van der Waals surface area contributed by atoms with E-state index in [1.54, 1.807) is 18.2 Å². The lowest BCUT2D eigenvalue weighted by molar-refractivity contribution is 0.597. The van der Waals surface area contributed by atoms with Gasteiger partial charge in [-0.15, -0.1) is 0 Å². The number of hydrogen-bond donors (Lipinski definition) is 1. The van der Waals surface area contributed by atoms with Crippen LogP contribution in [0.25, 0.3) is 21.5 Å². The molecule has 0 aromatic heterocycles. The Balaban J connectivity index is 2.07. The molecule has 1 aliphatic rings. The van der Waals surface area contributed by atoms with Crippen LogP contribution in [0, 0.1) is 0 Å². The van der Waals surface area contributed by atoms with Crippen LogP contribution < -0.4 is 5.32 Å². The summed E-state index contributed by atoms with van der Waals surface area (Å²) in [6.07, 6.45) is 0.